The number of aryl methyl sites for hydroxylation is 1. The summed E-state index contributed by atoms with van der Waals surface area (Å²) < 4.78 is 1.68. The highest BCUT2D eigenvalue weighted by Crippen LogP contribution is 2.32. The summed E-state index contributed by atoms with van der Waals surface area (Å²) in [5, 5.41) is 12.4. The molecule has 5 nitrogen and oxygen atoms in total. The van der Waals surface area contributed by atoms with Crippen LogP contribution in [0.1, 0.15) is 22.3 Å². The van der Waals surface area contributed by atoms with E-state index in [2.05, 4.69) is 15.5 Å². The fourth-order valence-corrected chi connectivity index (χ4v) is 3.84. The van der Waals surface area contributed by atoms with Crippen LogP contribution in [-0.2, 0) is 6.42 Å². The molecule has 0 fully saturated rings. The van der Waals surface area contributed by atoms with Crippen molar-refractivity contribution >= 4 is 17.5 Å². The molecular formula is C17H14N4OS. The van der Waals surface area contributed by atoms with Gasteiger partial charge in [0.15, 0.2) is 5.78 Å². The van der Waals surface area contributed by atoms with Crippen molar-refractivity contribution in [2.24, 2.45) is 0 Å². The first-order valence-electron chi connectivity index (χ1n) is 7.45. The number of fused-ring (bicyclic) bond motifs is 1. The number of Topliss-reactive ketones (excluding diaryl/α,β-unsaturated/α-hetero) is 1. The average Bonchev–Trinajstić information content (AvgIpc) is 3.07. The molecule has 2 aromatic carbocycles. The molecule has 1 atom stereocenters. The van der Waals surface area contributed by atoms with E-state index in [4.69, 9.17) is 0 Å². The number of ketones is 1. The molecule has 1 aliphatic carbocycles. The summed E-state index contributed by atoms with van der Waals surface area (Å²) in [5.74, 6) is 0.166. The molecule has 0 saturated carbocycles. The quantitative estimate of drug-likeness (QED) is 0.742. The summed E-state index contributed by atoms with van der Waals surface area (Å²) in [4.78, 5) is 12.7. The largest absolute Gasteiger partial charge is 0.293 e. The van der Waals surface area contributed by atoms with E-state index < -0.39 is 0 Å². The predicted octanol–water partition coefficient (Wildman–Crippen LogP) is 2.95. The smallest absolute Gasteiger partial charge is 0.214 e. The first-order chi connectivity index (χ1) is 11.3. The highest BCUT2D eigenvalue weighted by Gasteiger charge is 2.29. The number of hydrogen-bond acceptors (Lipinski definition) is 5. The molecule has 0 aliphatic heterocycles. The van der Waals surface area contributed by atoms with Gasteiger partial charge in [-0.1, -0.05) is 54.2 Å². The fraction of sp³-hybridized carbons (Fsp3) is 0.176. The lowest BCUT2D eigenvalue weighted by Gasteiger charge is -2.22. The lowest BCUT2D eigenvalue weighted by Crippen LogP contribution is -2.25. The second-order valence-corrected chi connectivity index (χ2v) is 6.55. The van der Waals surface area contributed by atoms with Crippen LogP contribution in [0, 0.1) is 0 Å². The van der Waals surface area contributed by atoms with Gasteiger partial charge in [-0.05, 0) is 41.0 Å². The van der Waals surface area contributed by atoms with Crippen molar-refractivity contribution in [1.82, 2.24) is 20.2 Å². The van der Waals surface area contributed by atoms with Crippen LogP contribution < -0.4 is 0 Å². The Labute approximate surface area is 137 Å². The fourth-order valence-electron chi connectivity index (χ4n) is 2.79. The molecule has 6 heteroatoms. The summed E-state index contributed by atoms with van der Waals surface area (Å²) >= 11 is 1.44. The van der Waals surface area contributed by atoms with Crippen LogP contribution in [-0.4, -0.2) is 31.2 Å². The molecule has 1 aromatic heterocycles. The highest BCUT2D eigenvalue weighted by molar-refractivity contribution is 8.00. The Balaban J connectivity index is 1.61. The Kier molecular flexibility index (Phi) is 3.67. The summed E-state index contributed by atoms with van der Waals surface area (Å²) in [6.07, 6.45) is 1.72. The first kappa shape index (κ1) is 14.1. The number of nitrogens with zero attached hydrogens (tertiary/aromatic N) is 4. The number of benzene rings is 2. The molecule has 1 unspecified atom stereocenters. The second kappa shape index (κ2) is 5.96. The number of hydrogen-bond donors (Lipinski definition) is 0. The summed E-state index contributed by atoms with van der Waals surface area (Å²) in [6.45, 7) is 0. The zero-order valence-corrected chi connectivity index (χ0v) is 13.1. The number of tetrazole rings is 1. The number of aromatic nitrogens is 4. The number of para-hydroxylation sites is 1. The minimum absolute atomic E-state index is 0.140. The third kappa shape index (κ3) is 2.66. The van der Waals surface area contributed by atoms with E-state index in [1.54, 1.807) is 4.68 Å². The molecule has 0 spiro atoms. The molecule has 3 aromatic rings. The van der Waals surface area contributed by atoms with Crippen molar-refractivity contribution in [1.29, 1.82) is 0 Å². The molecule has 4 rings (SSSR count). The third-order valence-electron chi connectivity index (χ3n) is 3.94. The minimum Gasteiger partial charge on any atom is -0.293 e. The van der Waals surface area contributed by atoms with E-state index in [1.807, 2.05) is 54.6 Å². The summed E-state index contributed by atoms with van der Waals surface area (Å²) in [7, 11) is 0. The van der Waals surface area contributed by atoms with Crippen molar-refractivity contribution in [3.8, 4) is 5.69 Å². The van der Waals surface area contributed by atoms with Gasteiger partial charge in [-0.3, -0.25) is 4.79 Å². The third-order valence-corrected chi connectivity index (χ3v) is 5.14. The lowest BCUT2D eigenvalue weighted by atomic mass is 9.90. The molecule has 114 valence electrons. The van der Waals surface area contributed by atoms with Gasteiger partial charge in [0, 0.05) is 5.56 Å². The van der Waals surface area contributed by atoms with Crippen LogP contribution in [0.15, 0.2) is 59.8 Å². The first-order valence-corrected chi connectivity index (χ1v) is 8.33. The van der Waals surface area contributed by atoms with Crippen LogP contribution in [0.3, 0.4) is 0 Å². The van der Waals surface area contributed by atoms with Gasteiger partial charge in [-0.2, -0.15) is 4.68 Å². The van der Waals surface area contributed by atoms with E-state index in [0.29, 0.717) is 5.16 Å². The van der Waals surface area contributed by atoms with Crippen LogP contribution in [0.4, 0.5) is 0 Å². The van der Waals surface area contributed by atoms with Gasteiger partial charge in [-0.15, -0.1) is 5.10 Å². The Morgan fingerprint density at radius 3 is 2.70 bits per heavy atom. The topological polar surface area (TPSA) is 60.7 Å². The molecule has 0 radical (unpaired) electrons. The van der Waals surface area contributed by atoms with E-state index in [1.165, 1.54) is 11.8 Å². The molecule has 23 heavy (non-hydrogen) atoms. The molecule has 1 aliphatic rings. The Hall–Kier alpha value is -2.47. The van der Waals surface area contributed by atoms with Gasteiger partial charge >= 0.3 is 0 Å². The van der Waals surface area contributed by atoms with Crippen LogP contribution >= 0.6 is 11.8 Å². The van der Waals surface area contributed by atoms with E-state index in [9.17, 15) is 4.79 Å². The van der Waals surface area contributed by atoms with E-state index in [0.717, 1.165) is 29.7 Å². The van der Waals surface area contributed by atoms with Crippen molar-refractivity contribution in [3.05, 3.63) is 65.7 Å². The maximum Gasteiger partial charge on any atom is 0.214 e. The van der Waals surface area contributed by atoms with E-state index >= 15 is 0 Å². The number of thioether (sulfide) groups is 1. The maximum absolute atomic E-state index is 12.7. The number of carbonyl (C=O) groups excluding carboxylic acids is 1. The minimum atomic E-state index is -0.140. The maximum atomic E-state index is 12.7. The molecule has 0 bridgehead atoms. The summed E-state index contributed by atoms with van der Waals surface area (Å²) in [6, 6.07) is 17.5. The van der Waals surface area contributed by atoms with Gasteiger partial charge in [-0.25, -0.2) is 0 Å². The van der Waals surface area contributed by atoms with Gasteiger partial charge in [0.05, 0.1) is 10.9 Å². The molecule has 1 heterocycles. The Morgan fingerprint density at radius 1 is 1.04 bits per heavy atom. The Morgan fingerprint density at radius 2 is 1.83 bits per heavy atom. The zero-order chi connectivity index (χ0) is 15.6. The molecule has 0 N–H and O–H groups in total. The van der Waals surface area contributed by atoms with Crippen LogP contribution in [0.2, 0.25) is 0 Å². The second-order valence-electron chi connectivity index (χ2n) is 5.38. The summed E-state index contributed by atoms with van der Waals surface area (Å²) in [5.41, 5.74) is 2.86. The van der Waals surface area contributed by atoms with Crippen molar-refractivity contribution in [2.45, 2.75) is 23.2 Å². The molecular weight excluding hydrogens is 308 g/mol. The predicted molar refractivity (Wildman–Crippen MR) is 87.9 cm³/mol. The zero-order valence-electron chi connectivity index (χ0n) is 12.3. The Bertz CT molecular complexity index is 847. The molecule has 0 saturated heterocycles. The van der Waals surface area contributed by atoms with E-state index in [-0.39, 0.29) is 11.0 Å². The van der Waals surface area contributed by atoms with Crippen molar-refractivity contribution in [3.63, 3.8) is 0 Å². The van der Waals surface area contributed by atoms with Crippen molar-refractivity contribution < 1.29 is 4.79 Å². The number of rotatable bonds is 3. The van der Waals surface area contributed by atoms with Crippen LogP contribution in [0.25, 0.3) is 5.69 Å². The number of carbonyl (C=O) groups is 1. The monoisotopic (exact) mass is 322 g/mol. The highest BCUT2D eigenvalue weighted by atomic mass is 32.2. The normalized spacial score (nSPS) is 17.0. The average molecular weight is 322 g/mol. The SMILES string of the molecule is O=C1c2ccccc2CCC1Sc1nnnn1-c1ccccc1. The standard InChI is InChI=1S/C17H14N4OS/c22-16-14-9-5-4-6-12(14)10-11-15(16)23-17-18-19-20-21(17)13-7-2-1-3-8-13/h1-9,15H,10-11H2. The van der Waals surface area contributed by atoms with Gasteiger partial charge in [0.1, 0.15) is 0 Å². The van der Waals surface area contributed by atoms with Gasteiger partial charge in [0.2, 0.25) is 5.16 Å². The lowest BCUT2D eigenvalue weighted by molar-refractivity contribution is 0.0979. The van der Waals surface area contributed by atoms with Gasteiger partial charge in [0.25, 0.3) is 0 Å². The van der Waals surface area contributed by atoms with Crippen LogP contribution in [0.5, 0.6) is 0 Å². The van der Waals surface area contributed by atoms with Crippen molar-refractivity contribution in [2.75, 3.05) is 0 Å². The van der Waals surface area contributed by atoms with Gasteiger partial charge < -0.3 is 0 Å². The molecule has 0 amide bonds.